The second-order valence-corrected chi connectivity index (χ2v) is 5.80. The van der Waals surface area contributed by atoms with Gasteiger partial charge in [0.1, 0.15) is 5.75 Å². The minimum Gasteiger partial charge on any atom is -0.493 e. The summed E-state index contributed by atoms with van der Waals surface area (Å²) in [5, 5.41) is 0.795. The Kier molecular flexibility index (Phi) is 8.23. The molecule has 0 spiro atoms. The molecule has 158 valence electrons. The van der Waals surface area contributed by atoms with Crippen molar-refractivity contribution in [2.24, 2.45) is 4.99 Å². The first-order valence-corrected chi connectivity index (χ1v) is 9.66. The Morgan fingerprint density at radius 2 is 1.63 bits per heavy atom. The summed E-state index contributed by atoms with van der Waals surface area (Å²) in [6.07, 6.45) is 8.84. The molecule has 0 amide bonds. The molecule has 2 aromatic rings. The number of methoxy groups -OCH3 is 3. The third kappa shape index (κ3) is 4.71. The molecule has 0 bridgehead atoms. The average Bonchev–Trinajstić information content (AvgIpc) is 2.80. The van der Waals surface area contributed by atoms with E-state index in [0.717, 1.165) is 22.2 Å². The molecule has 1 aromatic heterocycles. The number of ether oxygens (including phenoxy) is 4. The Morgan fingerprint density at radius 3 is 2.23 bits per heavy atom. The van der Waals surface area contributed by atoms with Crippen molar-refractivity contribution in [3.05, 3.63) is 72.5 Å². The van der Waals surface area contributed by atoms with Gasteiger partial charge in [-0.05, 0) is 30.7 Å². The van der Waals surface area contributed by atoms with Crippen LogP contribution in [0.15, 0.2) is 77.5 Å². The Balaban J connectivity index is 0.00000155. The van der Waals surface area contributed by atoms with Gasteiger partial charge >= 0.3 is 0 Å². The molecular weight excluding hydrogens is 380 g/mol. The lowest BCUT2D eigenvalue weighted by Gasteiger charge is -2.19. The van der Waals surface area contributed by atoms with Crippen molar-refractivity contribution >= 4 is 16.6 Å². The molecule has 1 aliphatic rings. The van der Waals surface area contributed by atoms with Gasteiger partial charge in [-0.3, -0.25) is 9.98 Å². The second kappa shape index (κ2) is 10.9. The molecule has 0 saturated carbocycles. The maximum absolute atomic E-state index is 6.21. The van der Waals surface area contributed by atoms with Crippen LogP contribution in [0.3, 0.4) is 0 Å². The lowest BCUT2D eigenvalue weighted by molar-refractivity contribution is 0.263. The molecule has 0 atom stereocenters. The largest absolute Gasteiger partial charge is 0.493 e. The quantitative estimate of drug-likeness (QED) is 0.621. The van der Waals surface area contributed by atoms with Crippen molar-refractivity contribution in [3.8, 4) is 17.2 Å². The van der Waals surface area contributed by atoms with Crippen molar-refractivity contribution in [3.63, 3.8) is 0 Å². The highest BCUT2D eigenvalue weighted by Crippen LogP contribution is 2.36. The number of fused-ring (bicyclic) bond motifs is 1. The summed E-state index contributed by atoms with van der Waals surface area (Å²) < 4.78 is 22.5. The Labute approximate surface area is 177 Å². The lowest BCUT2D eigenvalue weighted by atomic mass is 10.0. The fraction of sp³-hybridized carbons (Fsp3) is 0.250. The number of hydrogen-bond donors (Lipinski definition) is 0. The van der Waals surface area contributed by atoms with Gasteiger partial charge in [-0.1, -0.05) is 26.5 Å². The molecule has 0 aliphatic heterocycles. The van der Waals surface area contributed by atoms with E-state index in [2.05, 4.69) is 16.6 Å². The fourth-order valence-electron chi connectivity index (χ4n) is 2.90. The van der Waals surface area contributed by atoms with Crippen LogP contribution in [0, 0.1) is 0 Å². The summed E-state index contributed by atoms with van der Waals surface area (Å²) in [5.74, 6) is 2.97. The van der Waals surface area contributed by atoms with E-state index in [-0.39, 0.29) is 0 Å². The summed E-state index contributed by atoms with van der Waals surface area (Å²) in [6.45, 7) is 9.60. The van der Waals surface area contributed by atoms with Crippen molar-refractivity contribution < 1.29 is 18.9 Å². The molecule has 1 heterocycles. The maximum atomic E-state index is 6.21. The smallest absolute Gasteiger partial charge is 0.170 e. The number of rotatable bonds is 6. The van der Waals surface area contributed by atoms with Crippen LogP contribution in [0.4, 0.5) is 0 Å². The zero-order valence-corrected chi connectivity index (χ0v) is 18.4. The van der Waals surface area contributed by atoms with Crippen LogP contribution in [0.25, 0.3) is 10.9 Å². The van der Waals surface area contributed by atoms with E-state index in [0.29, 0.717) is 28.8 Å². The molecule has 0 fully saturated rings. The predicted molar refractivity (Wildman–Crippen MR) is 121 cm³/mol. The van der Waals surface area contributed by atoms with Crippen LogP contribution in [0.2, 0.25) is 0 Å². The number of allylic oxidation sites excluding steroid dienone is 4. The number of nitrogens with zero attached hydrogens (tertiary/aromatic N) is 2. The van der Waals surface area contributed by atoms with Crippen LogP contribution in [0.5, 0.6) is 17.2 Å². The first kappa shape index (κ1) is 22.7. The van der Waals surface area contributed by atoms with Gasteiger partial charge in [-0.2, -0.15) is 0 Å². The SMILES string of the molecule is C=CN=C1C=C(OC)C(Oc2ccnc3cc(OC)c(OC)cc23)=C/C1=C/C.CC. The van der Waals surface area contributed by atoms with Gasteiger partial charge in [0.05, 0.1) is 32.6 Å². The number of hydrogen-bond acceptors (Lipinski definition) is 6. The Bertz CT molecular complexity index is 1030. The van der Waals surface area contributed by atoms with Gasteiger partial charge in [0.25, 0.3) is 0 Å². The number of aliphatic imine (C=N–C) groups is 1. The molecule has 6 nitrogen and oxygen atoms in total. The zero-order chi connectivity index (χ0) is 22.1. The van der Waals surface area contributed by atoms with Gasteiger partial charge in [0.15, 0.2) is 23.0 Å². The standard InChI is InChI=1S/C22H22N2O4.C2H6/c1-6-14-10-22(21(27-5)12-16(14)23-7-2)28-18-8-9-24-17-13-20(26-4)19(25-3)11-15(17)18;1-2/h6-13H,2H2,1,3-5H3;1-2H3/b14-6-,23-16?;. The summed E-state index contributed by atoms with van der Waals surface area (Å²) in [6, 6.07) is 5.46. The summed E-state index contributed by atoms with van der Waals surface area (Å²) in [5.41, 5.74) is 2.40. The third-order valence-corrected chi connectivity index (χ3v) is 4.28. The minimum atomic E-state index is 0.566. The molecule has 30 heavy (non-hydrogen) atoms. The van der Waals surface area contributed by atoms with Gasteiger partial charge in [-0.25, -0.2) is 0 Å². The lowest BCUT2D eigenvalue weighted by Crippen LogP contribution is -2.12. The predicted octanol–water partition coefficient (Wildman–Crippen LogP) is 5.62. The summed E-state index contributed by atoms with van der Waals surface area (Å²) in [7, 11) is 4.77. The highest BCUT2D eigenvalue weighted by Gasteiger charge is 2.20. The molecule has 0 N–H and O–H groups in total. The first-order chi connectivity index (χ1) is 14.6. The Morgan fingerprint density at radius 1 is 0.933 bits per heavy atom. The third-order valence-electron chi connectivity index (χ3n) is 4.28. The van der Waals surface area contributed by atoms with Crippen molar-refractivity contribution in [2.45, 2.75) is 20.8 Å². The normalized spacial score (nSPS) is 15.7. The van der Waals surface area contributed by atoms with E-state index in [1.54, 1.807) is 33.6 Å². The molecule has 6 heteroatoms. The summed E-state index contributed by atoms with van der Waals surface area (Å²) in [4.78, 5) is 8.69. The zero-order valence-electron chi connectivity index (χ0n) is 18.4. The molecular formula is C24H28N2O4. The summed E-state index contributed by atoms with van der Waals surface area (Å²) >= 11 is 0. The van der Waals surface area contributed by atoms with Gasteiger partial charge in [0.2, 0.25) is 0 Å². The van der Waals surface area contributed by atoms with Crippen LogP contribution < -0.4 is 14.2 Å². The van der Waals surface area contributed by atoms with Crippen molar-refractivity contribution in [2.75, 3.05) is 21.3 Å². The molecule has 1 aromatic carbocycles. The van der Waals surface area contributed by atoms with Gasteiger partial charge in [-0.15, -0.1) is 0 Å². The molecule has 0 saturated heterocycles. The van der Waals surface area contributed by atoms with E-state index in [1.165, 1.54) is 6.20 Å². The minimum absolute atomic E-state index is 0.566. The van der Waals surface area contributed by atoms with E-state index in [1.807, 2.05) is 51.1 Å². The van der Waals surface area contributed by atoms with Crippen molar-refractivity contribution in [1.29, 1.82) is 0 Å². The van der Waals surface area contributed by atoms with E-state index >= 15 is 0 Å². The Hall–Kier alpha value is -3.54. The molecule has 0 radical (unpaired) electrons. The van der Waals surface area contributed by atoms with E-state index in [9.17, 15) is 0 Å². The number of aromatic nitrogens is 1. The van der Waals surface area contributed by atoms with E-state index in [4.69, 9.17) is 18.9 Å². The van der Waals surface area contributed by atoms with Gasteiger partial charge < -0.3 is 18.9 Å². The first-order valence-electron chi connectivity index (χ1n) is 9.66. The second-order valence-electron chi connectivity index (χ2n) is 5.80. The topological polar surface area (TPSA) is 62.2 Å². The monoisotopic (exact) mass is 408 g/mol. The molecule has 0 unspecified atom stereocenters. The van der Waals surface area contributed by atoms with Crippen LogP contribution in [0.1, 0.15) is 20.8 Å². The van der Waals surface area contributed by atoms with Crippen molar-refractivity contribution in [1.82, 2.24) is 4.98 Å². The van der Waals surface area contributed by atoms with Crippen LogP contribution in [-0.4, -0.2) is 32.0 Å². The molecule has 3 rings (SSSR count). The highest BCUT2D eigenvalue weighted by atomic mass is 16.5. The van der Waals surface area contributed by atoms with Crippen LogP contribution in [-0.2, 0) is 4.74 Å². The highest BCUT2D eigenvalue weighted by molar-refractivity contribution is 6.12. The molecule has 1 aliphatic carbocycles. The average molecular weight is 408 g/mol. The van der Waals surface area contributed by atoms with Gasteiger partial charge in [0, 0.05) is 29.9 Å². The maximum Gasteiger partial charge on any atom is 0.170 e. The number of benzene rings is 1. The fourth-order valence-corrected chi connectivity index (χ4v) is 2.90. The van der Waals surface area contributed by atoms with Crippen LogP contribution >= 0.6 is 0 Å². The number of pyridine rings is 1. The van der Waals surface area contributed by atoms with E-state index < -0.39 is 0 Å².